The van der Waals surface area contributed by atoms with Crippen LogP contribution in [0.1, 0.15) is 10.4 Å². The Labute approximate surface area is 99.3 Å². The molecular formula is C10H13N3O3S. The van der Waals surface area contributed by atoms with E-state index >= 15 is 0 Å². The van der Waals surface area contributed by atoms with Crippen molar-refractivity contribution in [2.45, 2.75) is 0 Å². The molecular weight excluding hydrogens is 242 g/mol. The van der Waals surface area contributed by atoms with Crippen molar-refractivity contribution in [3.8, 4) is 0 Å². The quantitative estimate of drug-likeness (QED) is 0.731. The van der Waals surface area contributed by atoms with Crippen molar-refractivity contribution in [1.29, 1.82) is 0 Å². The van der Waals surface area contributed by atoms with Gasteiger partial charge in [0.25, 0.3) is 0 Å². The number of aromatic carboxylic acids is 1. The van der Waals surface area contributed by atoms with Gasteiger partial charge in [-0.2, -0.15) is 0 Å². The van der Waals surface area contributed by atoms with Crippen molar-refractivity contribution >= 4 is 27.3 Å². The van der Waals surface area contributed by atoms with Crippen LogP contribution in [0, 0.1) is 0 Å². The summed E-state index contributed by atoms with van der Waals surface area (Å²) in [5.74, 6) is 4.16. The summed E-state index contributed by atoms with van der Waals surface area (Å²) in [6.45, 7) is 1.18. The maximum Gasteiger partial charge on any atom is 0.338 e. The van der Waals surface area contributed by atoms with Gasteiger partial charge in [0.1, 0.15) is 0 Å². The van der Waals surface area contributed by atoms with Crippen LogP contribution in [0.2, 0.25) is 0 Å². The van der Waals surface area contributed by atoms with Gasteiger partial charge < -0.3 is 10.0 Å². The van der Waals surface area contributed by atoms with Gasteiger partial charge in [-0.3, -0.25) is 4.21 Å². The first kappa shape index (κ1) is 11.8. The average Bonchev–Trinajstić information content (AvgIpc) is 2.29. The molecule has 92 valence electrons. The number of hydrogen-bond donors (Lipinski definition) is 1. The second-order valence-electron chi connectivity index (χ2n) is 3.94. The number of anilines is 1. The highest BCUT2D eigenvalue weighted by Crippen LogP contribution is 2.11. The summed E-state index contributed by atoms with van der Waals surface area (Å²) in [6, 6.07) is 0. The van der Waals surface area contributed by atoms with Crippen LogP contribution in [-0.2, 0) is 9.52 Å². The first-order valence-electron chi connectivity index (χ1n) is 5.11. The molecule has 1 aliphatic heterocycles. The minimum Gasteiger partial charge on any atom is -0.478 e. The Morgan fingerprint density at radius 2 is 1.88 bits per heavy atom. The third kappa shape index (κ3) is 2.73. The van der Waals surface area contributed by atoms with E-state index in [2.05, 4.69) is 15.8 Å². The molecule has 0 amide bonds. The van der Waals surface area contributed by atoms with Gasteiger partial charge in [-0.1, -0.05) is 0 Å². The fraction of sp³-hybridized carbons (Fsp3) is 0.400. The maximum atomic E-state index is 11.7. The van der Waals surface area contributed by atoms with Crippen LogP contribution in [0.15, 0.2) is 12.4 Å². The summed E-state index contributed by atoms with van der Waals surface area (Å²) >= 11 is 0. The number of carboxylic acid groups (broad SMARTS) is 1. The van der Waals surface area contributed by atoms with Crippen molar-refractivity contribution in [2.75, 3.05) is 29.5 Å². The number of carboxylic acids is 1. The summed E-state index contributed by atoms with van der Waals surface area (Å²) < 4.78 is 11.7. The van der Waals surface area contributed by atoms with E-state index in [0.717, 1.165) is 0 Å². The van der Waals surface area contributed by atoms with Gasteiger partial charge in [0.05, 0.1) is 5.56 Å². The van der Waals surface area contributed by atoms with Crippen LogP contribution in [-0.4, -0.2) is 55.7 Å². The first-order valence-corrected chi connectivity index (χ1v) is 7.17. The predicted molar refractivity (Wildman–Crippen MR) is 66.2 cm³/mol. The molecule has 1 aromatic rings. The van der Waals surface area contributed by atoms with Gasteiger partial charge in [0.15, 0.2) is 0 Å². The molecule has 1 saturated heterocycles. The van der Waals surface area contributed by atoms with Crippen molar-refractivity contribution in [2.24, 2.45) is 0 Å². The zero-order valence-corrected chi connectivity index (χ0v) is 10.0. The second kappa shape index (κ2) is 4.33. The van der Waals surface area contributed by atoms with E-state index in [1.54, 1.807) is 0 Å². The Kier molecular flexibility index (Phi) is 3.01. The van der Waals surface area contributed by atoms with E-state index in [1.807, 2.05) is 4.90 Å². The highest BCUT2D eigenvalue weighted by Gasteiger charge is 2.19. The van der Waals surface area contributed by atoms with Crippen LogP contribution < -0.4 is 4.90 Å². The molecule has 2 heterocycles. The molecule has 17 heavy (non-hydrogen) atoms. The maximum absolute atomic E-state index is 11.7. The minimum atomic E-state index is -1.94. The van der Waals surface area contributed by atoms with E-state index < -0.39 is 15.5 Å². The molecule has 0 unspecified atom stereocenters. The molecule has 0 aliphatic carbocycles. The van der Waals surface area contributed by atoms with Crippen molar-refractivity contribution in [3.05, 3.63) is 18.0 Å². The van der Waals surface area contributed by atoms with Crippen LogP contribution in [0.5, 0.6) is 0 Å². The van der Waals surface area contributed by atoms with Gasteiger partial charge in [0, 0.05) is 37.0 Å². The Bertz CT molecular complexity index is 510. The third-order valence-electron chi connectivity index (χ3n) is 2.63. The number of nitrogens with zero attached hydrogens (tertiary/aromatic N) is 3. The number of rotatable bonds is 2. The van der Waals surface area contributed by atoms with Gasteiger partial charge in [0.2, 0.25) is 5.95 Å². The second-order valence-corrected chi connectivity index (χ2v) is 6.69. The molecule has 1 aromatic heterocycles. The standard InChI is InChI=1S/C10H13N3O3S/c1-17(16)4-2-13(3-5-17)10-11-6-8(7-12-10)9(14)15/h6-7H,1-5H2,(H,14,15). The van der Waals surface area contributed by atoms with Gasteiger partial charge in [-0.05, 0) is 15.4 Å². The Balaban J connectivity index is 2.11. The molecule has 0 spiro atoms. The lowest BCUT2D eigenvalue weighted by molar-refractivity contribution is 0.0696. The van der Waals surface area contributed by atoms with E-state index in [-0.39, 0.29) is 5.56 Å². The van der Waals surface area contributed by atoms with E-state index in [0.29, 0.717) is 30.5 Å². The molecule has 0 aromatic carbocycles. The molecule has 0 bridgehead atoms. The van der Waals surface area contributed by atoms with E-state index in [9.17, 15) is 9.00 Å². The molecule has 1 aliphatic rings. The average molecular weight is 255 g/mol. The highest BCUT2D eigenvalue weighted by atomic mass is 32.2. The van der Waals surface area contributed by atoms with Gasteiger partial charge in [-0.15, -0.1) is 0 Å². The zero-order valence-electron chi connectivity index (χ0n) is 9.20. The molecule has 0 radical (unpaired) electrons. The summed E-state index contributed by atoms with van der Waals surface area (Å²) in [6.07, 6.45) is 2.56. The fourth-order valence-electron chi connectivity index (χ4n) is 1.56. The normalized spacial score (nSPS) is 18.9. The fourth-order valence-corrected chi connectivity index (χ4v) is 2.87. The van der Waals surface area contributed by atoms with Crippen molar-refractivity contribution < 1.29 is 14.1 Å². The summed E-state index contributed by atoms with van der Waals surface area (Å²) in [4.78, 5) is 20.5. The molecule has 7 heteroatoms. The summed E-state index contributed by atoms with van der Waals surface area (Å²) in [5, 5.41) is 8.71. The number of hydrogen-bond acceptors (Lipinski definition) is 5. The minimum absolute atomic E-state index is 0.0618. The smallest absolute Gasteiger partial charge is 0.338 e. The topological polar surface area (TPSA) is 83.4 Å². The SMILES string of the molecule is C=S1(=O)CCN(c2ncc(C(=O)O)cn2)CC1. The molecule has 0 atom stereocenters. The van der Waals surface area contributed by atoms with Crippen LogP contribution >= 0.6 is 0 Å². The number of carbonyl (C=O) groups is 1. The van der Waals surface area contributed by atoms with Crippen molar-refractivity contribution in [1.82, 2.24) is 9.97 Å². The third-order valence-corrected chi connectivity index (χ3v) is 4.49. The Morgan fingerprint density at radius 1 is 1.35 bits per heavy atom. The van der Waals surface area contributed by atoms with Gasteiger partial charge in [-0.25, -0.2) is 14.8 Å². The number of aromatic nitrogens is 2. The summed E-state index contributed by atoms with van der Waals surface area (Å²) in [5.41, 5.74) is 0.0618. The largest absolute Gasteiger partial charge is 0.478 e. The van der Waals surface area contributed by atoms with Gasteiger partial charge >= 0.3 is 5.97 Å². The van der Waals surface area contributed by atoms with Crippen LogP contribution in [0.3, 0.4) is 0 Å². The first-order chi connectivity index (χ1) is 7.98. The zero-order chi connectivity index (χ0) is 12.5. The molecule has 1 fully saturated rings. The molecule has 1 N–H and O–H groups in total. The molecule has 2 rings (SSSR count). The Morgan fingerprint density at radius 3 is 2.35 bits per heavy atom. The molecule has 0 saturated carbocycles. The highest BCUT2D eigenvalue weighted by molar-refractivity contribution is 8.00. The van der Waals surface area contributed by atoms with Crippen LogP contribution in [0.4, 0.5) is 5.95 Å². The molecule has 6 nitrogen and oxygen atoms in total. The lowest BCUT2D eigenvalue weighted by atomic mass is 10.3. The van der Waals surface area contributed by atoms with E-state index in [4.69, 9.17) is 5.11 Å². The van der Waals surface area contributed by atoms with E-state index in [1.165, 1.54) is 12.4 Å². The Hall–Kier alpha value is -1.63. The van der Waals surface area contributed by atoms with Crippen molar-refractivity contribution in [3.63, 3.8) is 0 Å². The lowest BCUT2D eigenvalue weighted by Gasteiger charge is -2.28. The monoisotopic (exact) mass is 255 g/mol. The lowest BCUT2D eigenvalue weighted by Crippen LogP contribution is -2.41. The summed E-state index contributed by atoms with van der Waals surface area (Å²) in [7, 11) is -1.94. The van der Waals surface area contributed by atoms with Crippen LogP contribution in [0.25, 0.3) is 0 Å². The predicted octanol–water partition coefficient (Wildman–Crippen LogP) is -0.289.